The van der Waals surface area contributed by atoms with Gasteiger partial charge in [0.2, 0.25) is 10.0 Å². The van der Waals surface area contributed by atoms with Crippen LogP contribution in [0, 0.1) is 5.92 Å². The lowest BCUT2D eigenvalue weighted by Crippen LogP contribution is -2.34. The van der Waals surface area contributed by atoms with Gasteiger partial charge in [-0.05, 0) is 50.0 Å². The van der Waals surface area contributed by atoms with E-state index in [2.05, 4.69) is 32.5 Å². The zero-order valence-corrected chi connectivity index (χ0v) is 15.4. The van der Waals surface area contributed by atoms with E-state index in [0.29, 0.717) is 16.8 Å². The van der Waals surface area contributed by atoms with Crippen LogP contribution in [0.1, 0.15) is 19.8 Å². The summed E-state index contributed by atoms with van der Waals surface area (Å²) >= 11 is 3.30. The number of hydrogen-bond acceptors (Lipinski definition) is 4. The first-order chi connectivity index (χ1) is 10.4. The van der Waals surface area contributed by atoms with Gasteiger partial charge in [-0.15, -0.1) is 0 Å². The number of methoxy groups -OCH3 is 1. The van der Waals surface area contributed by atoms with Crippen LogP contribution in [0.15, 0.2) is 27.6 Å². The van der Waals surface area contributed by atoms with Gasteiger partial charge in [0.05, 0.1) is 7.11 Å². The van der Waals surface area contributed by atoms with E-state index >= 15 is 0 Å². The third kappa shape index (κ3) is 4.68. The van der Waals surface area contributed by atoms with Gasteiger partial charge in [0.25, 0.3) is 0 Å². The minimum atomic E-state index is -3.58. The van der Waals surface area contributed by atoms with E-state index in [1.165, 1.54) is 20.0 Å². The van der Waals surface area contributed by atoms with Crippen molar-refractivity contribution in [2.75, 3.05) is 33.3 Å². The average Bonchev–Trinajstić information content (AvgIpc) is 2.98. The van der Waals surface area contributed by atoms with Crippen LogP contribution in [0.5, 0.6) is 5.75 Å². The summed E-state index contributed by atoms with van der Waals surface area (Å²) in [7, 11) is -2.11. The predicted molar refractivity (Wildman–Crippen MR) is 90.7 cm³/mol. The molecule has 0 radical (unpaired) electrons. The summed E-state index contributed by atoms with van der Waals surface area (Å²) < 4.78 is 33.5. The zero-order valence-electron chi connectivity index (χ0n) is 13.0. The highest BCUT2D eigenvalue weighted by Gasteiger charge is 2.21. The van der Waals surface area contributed by atoms with Gasteiger partial charge < -0.3 is 9.64 Å². The SMILES string of the molecule is COc1ccc(Br)cc1S(=O)(=O)NC[C@@H](C)CN1CCCC1. The van der Waals surface area contributed by atoms with Crippen LogP contribution in [-0.4, -0.2) is 46.6 Å². The zero-order chi connectivity index (χ0) is 16.2. The molecule has 5 nitrogen and oxygen atoms in total. The minimum Gasteiger partial charge on any atom is -0.495 e. The molecule has 0 amide bonds. The topological polar surface area (TPSA) is 58.6 Å². The quantitative estimate of drug-likeness (QED) is 0.776. The maximum Gasteiger partial charge on any atom is 0.244 e. The average molecular weight is 391 g/mol. The molecular weight excluding hydrogens is 368 g/mol. The molecule has 1 heterocycles. The Morgan fingerprint density at radius 3 is 2.68 bits per heavy atom. The third-order valence-corrected chi connectivity index (χ3v) is 5.74. The van der Waals surface area contributed by atoms with Gasteiger partial charge in [-0.1, -0.05) is 22.9 Å². The molecule has 1 aromatic rings. The van der Waals surface area contributed by atoms with Crippen LogP contribution in [0.25, 0.3) is 0 Å². The second-order valence-corrected chi connectivity index (χ2v) is 8.41. The summed E-state index contributed by atoms with van der Waals surface area (Å²) in [6.45, 7) is 5.67. The molecule has 2 rings (SSSR count). The van der Waals surface area contributed by atoms with Crippen molar-refractivity contribution in [1.29, 1.82) is 0 Å². The van der Waals surface area contributed by atoms with Crippen molar-refractivity contribution in [3.8, 4) is 5.75 Å². The van der Waals surface area contributed by atoms with E-state index in [1.54, 1.807) is 18.2 Å². The van der Waals surface area contributed by atoms with Crippen molar-refractivity contribution in [3.05, 3.63) is 22.7 Å². The molecule has 0 unspecified atom stereocenters. The van der Waals surface area contributed by atoms with E-state index in [9.17, 15) is 8.42 Å². The van der Waals surface area contributed by atoms with Gasteiger partial charge in [-0.2, -0.15) is 0 Å². The summed E-state index contributed by atoms with van der Waals surface area (Å²) in [5, 5.41) is 0. The third-order valence-electron chi connectivity index (χ3n) is 3.81. The van der Waals surface area contributed by atoms with E-state index in [1.807, 2.05) is 0 Å². The van der Waals surface area contributed by atoms with Gasteiger partial charge in [-0.3, -0.25) is 0 Å². The first kappa shape index (κ1) is 17.7. The van der Waals surface area contributed by atoms with Crippen molar-refractivity contribution in [3.63, 3.8) is 0 Å². The molecule has 1 aliphatic heterocycles. The number of nitrogens with one attached hydrogen (secondary N) is 1. The van der Waals surface area contributed by atoms with Gasteiger partial charge in [0.15, 0.2) is 0 Å². The van der Waals surface area contributed by atoms with Crippen molar-refractivity contribution in [2.24, 2.45) is 5.92 Å². The minimum absolute atomic E-state index is 0.165. The van der Waals surface area contributed by atoms with Crippen LogP contribution >= 0.6 is 15.9 Å². The summed E-state index contributed by atoms with van der Waals surface area (Å²) in [5.41, 5.74) is 0. The standard InChI is InChI=1S/C15H23BrN2O3S/c1-12(11-18-7-3-4-8-18)10-17-22(19,20)15-9-13(16)5-6-14(15)21-2/h5-6,9,12,17H,3-4,7-8,10-11H2,1-2H3/t12-/m1/s1. The van der Waals surface area contributed by atoms with Crippen LogP contribution in [0.2, 0.25) is 0 Å². The van der Waals surface area contributed by atoms with Crippen LogP contribution in [0.4, 0.5) is 0 Å². The molecule has 1 aromatic carbocycles. The van der Waals surface area contributed by atoms with E-state index in [-0.39, 0.29) is 10.8 Å². The summed E-state index contributed by atoms with van der Waals surface area (Å²) in [5.74, 6) is 0.619. The normalized spacial score (nSPS) is 17.6. The lowest BCUT2D eigenvalue weighted by Gasteiger charge is -2.20. The molecule has 1 saturated heterocycles. The fraction of sp³-hybridized carbons (Fsp3) is 0.600. The molecule has 1 atom stereocenters. The van der Waals surface area contributed by atoms with Crippen molar-refractivity contribution < 1.29 is 13.2 Å². The van der Waals surface area contributed by atoms with Gasteiger partial charge in [0, 0.05) is 17.6 Å². The van der Waals surface area contributed by atoms with Crippen molar-refractivity contribution in [2.45, 2.75) is 24.7 Å². The summed E-state index contributed by atoms with van der Waals surface area (Å²) in [6.07, 6.45) is 2.49. The van der Waals surface area contributed by atoms with E-state index in [0.717, 1.165) is 19.6 Å². The van der Waals surface area contributed by atoms with E-state index in [4.69, 9.17) is 4.74 Å². The van der Waals surface area contributed by atoms with Gasteiger partial charge in [0.1, 0.15) is 10.6 Å². The first-order valence-electron chi connectivity index (χ1n) is 7.48. The Hall–Kier alpha value is -0.630. The fourth-order valence-electron chi connectivity index (χ4n) is 2.66. The van der Waals surface area contributed by atoms with Gasteiger partial charge in [-0.25, -0.2) is 13.1 Å². The number of halogens is 1. The number of benzene rings is 1. The number of sulfonamides is 1. The van der Waals surface area contributed by atoms with Crippen molar-refractivity contribution in [1.82, 2.24) is 9.62 Å². The molecule has 1 fully saturated rings. The maximum atomic E-state index is 12.5. The molecule has 7 heteroatoms. The Morgan fingerprint density at radius 1 is 1.36 bits per heavy atom. The number of likely N-dealkylation sites (tertiary alicyclic amines) is 1. The molecule has 0 spiro atoms. The number of rotatable bonds is 7. The first-order valence-corrected chi connectivity index (χ1v) is 9.75. The van der Waals surface area contributed by atoms with E-state index < -0.39 is 10.0 Å². The molecule has 1 N–H and O–H groups in total. The summed E-state index contributed by atoms with van der Waals surface area (Å²) in [4.78, 5) is 2.55. The second kappa shape index (κ2) is 7.77. The van der Waals surface area contributed by atoms with Crippen LogP contribution in [-0.2, 0) is 10.0 Å². The lowest BCUT2D eigenvalue weighted by molar-refractivity contribution is 0.288. The number of hydrogen-bond donors (Lipinski definition) is 1. The highest BCUT2D eigenvalue weighted by Crippen LogP contribution is 2.27. The molecule has 0 aliphatic carbocycles. The molecule has 1 aliphatic rings. The van der Waals surface area contributed by atoms with Crippen molar-refractivity contribution >= 4 is 26.0 Å². The second-order valence-electron chi connectivity index (χ2n) is 5.76. The largest absolute Gasteiger partial charge is 0.495 e. The Morgan fingerprint density at radius 2 is 2.05 bits per heavy atom. The highest BCUT2D eigenvalue weighted by atomic mass is 79.9. The summed E-state index contributed by atoms with van der Waals surface area (Å²) in [6, 6.07) is 4.96. The maximum absolute atomic E-state index is 12.5. The Kier molecular flexibility index (Phi) is 6.26. The Labute approximate surface area is 141 Å². The lowest BCUT2D eigenvalue weighted by atomic mass is 10.2. The monoisotopic (exact) mass is 390 g/mol. The number of ether oxygens (including phenoxy) is 1. The predicted octanol–water partition coefficient (Wildman–Crippen LogP) is 2.47. The van der Waals surface area contributed by atoms with Crippen LogP contribution in [0.3, 0.4) is 0 Å². The highest BCUT2D eigenvalue weighted by molar-refractivity contribution is 9.10. The molecule has 0 aromatic heterocycles. The van der Waals surface area contributed by atoms with Crippen LogP contribution < -0.4 is 9.46 Å². The molecule has 22 heavy (non-hydrogen) atoms. The smallest absolute Gasteiger partial charge is 0.244 e. The fourth-order valence-corrected chi connectivity index (χ4v) is 4.53. The Balaban J connectivity index is 2.00. The molecule has 124 valence electrons. The molecular formula is C15H23BrN2O3S. The molecule has 0 bridgehead atoms. The van der Waals surface area contributed by atoms with Gasteiger partial charge >= 0.3 is 0 Å². The number of nitrogens with zero attached hydrogens (tertiary/aromatic N) is 1. The Bertz CT molecular complexity index is 601. The molecule has 0 saturated carbocycles.